The number of hydrogen-bond acceptors (Lipinski definition) is 2. The fourth-order valence-corrected chi connectivity index (χ4v) is 2.28. The van der Waals surface area contributed by atoms with Crippen molar-refractivity contribution >= 4 is 5.91 Å². The Morgan fingerprint density at radius 1 is 1.31 bits per heavy atom. The molecule has 0 bridgehead atoms. The van der Waals surface area contributed by atoms with Crippen LogP contribution < -0.4 is 11.1 Å². The van der Waals surface area contributed by atoms with Gasteiger partial charge >= 0.3 is 0 Å². The molecule has 3 N–H and O–H groups in total. The van der Waals surface area contributed by atoms with E-state index in [0.717, 1.165) is 25.8 Å². The first-order valence-corrected chi connectivity index (χ1v) is 5.82. The molecule has 86 valence electrons. The van der Waals surface area contributed by atoms with Crippen LogP contribution in [0, 0.1) is 5.92 Å². The van der Waals surface area contributed by atoms with E-state index < -0.39 is 0 Å². The number of carbonyl (C=O) groups excluding carboxylic acids is 1. The molecule has 1 saturated carbocycles. The molecule has 0 aromatic heterocycles. The third kappa shape index (κ3) is 2.83. The van der Waals surface area contributed by atoms with Crippen LogP contribution in [-0.2, 0) is 11.3 Å². The monoisotopic (exact) mass is 218 g/mol. The standard InChI is InChI=1S/C13H18N2O/c14-13(16)11-6-7-12(8-11)15-9-10-4-2-1-3-5-10/h1-5,11-12,15H,6-9H2,(H2,14,16)/t11?,12-/m1/s1. The molecule has 3 heteroatoms. The summed E-state index contributed by atoms with van der Waals surface area (Å²) in [6.07, 6.45) is 2.88. The Labute approximate surface area is 96.0 Å². The van der Waals surface area contributed by atoms with Gasteiger partial charge in [-0.3, -0.25) is 4.79 Å². The van der Waals surface area contributed by atoms with Crippen LogP contribution >= 0.6 is 0 Å². The molecule has 2 atom stereocenters. The van der Waals surface area contributed by atoms with E-state index in [1.54, 1.807) is 0 Å². The van der Waals surface area contributed by atoms with Crippen LogP contribution in [0.1, 0.15) is 24.8 Å². The third-order valence-corrected chi connectivity index (χ3v) is 3.27. The van der Waals surface area contributed by atoms with E-state index in [1.165, 1.54) is 5.56 Å². The van der Waals surface area contributed by atoms with Gasteiger partial charge in [0.1, 0.15) is 0 Å². The highest BCUT2D eigenvalue weighted by molar-refractivity contribution is 5.76. The molecule has 0 heterocycles. The number of nitrogens with one attached hydrogen (secondary N) is 1. The van der Waals surface area contributed by atoms with Gasteiger partial charge in [0.05, 0.1) is 0 Å². The van der Waals surface area contributed by atoms with Crippen LogP contribution in [-0.4, -0.2) is 11.9 Å². The predicted octanol–water partition coefficient (Wildman–Crippen LogP) is 1.43. The Bertz CT molecular complexity index is 350. The van der Waals surface area contributed by atoms with Crippen molar-refractivity contribution in [1.82, 2.24) is 5.32 Å². The second kappa shape index (κ2) is 5.12. The summed E-state index contributed by atoms with van der Waals surface area (Å²) in [6, 6.07) is 10.7. The Morgan fingerprint density at radius 3 is 2.69 bits per heavy atom. The zero-order valence-electron chi connectivity index (χ0n) is 9.36. The van der Waals surface area contributed by atoms with Gasteiger partial charge in [-0.2, -0.15) is 0 Å². The smallest absolute Gasteiger partial charge is 0.220 e. The second-order valence-corrected chi connectivity index (χ2v) is 4.48. The Kier molecular flexibility index (Phi) is 3.57. The van der Waals surface area contributed by atoms with E-state index in [1.807, 2.05) is 18.2 Å². The van der Waals surface area contributed by atoms with Gasteiger partial charge in [-0.15, -0.1) is 0 Å². The van der Waals surface area contributed by atoms with Gasteiger partial charge in [0.25, 0.3) is 0 Å². The lowest BCUT2D eigenvalue weighted by molar-refractivity contribution is -0.121. The van der Waals surface area contributed by atoms with Crippen molar-refractivity contribution in [3.8, 4) is 0 Å². The number of primary amides is 1. The van der Waals surface area contributed by atoms with Crippen molar-refractivity contribution in [2.24, 2.45) is 11.7 Å². The zero-order chi connectivity index (χ0) is 11.4. The first-order valence-electron chi connectivity index (χ1n) is 5.82. The number of benzene rings is 1. The first kappa shape index (κ1) is 11.1. The van der Waals surface area contributed by atoms with Gasteiger partial charge < -0.3 is 11.1 Å². The van der Waals surface area contributed by atoms with Gasteiger partial charge in [-0.1, -0.05) is 30.3 Å². The molecule has 1 amide bonds. The summed E-state index contributed by atoms with van der Waals surface area (Å²) in [6.45, 7) is 0.872. The van der Waals surface area contributed by atoms with E-state index in [0.29, 0.717) is 6.04 Å². The van der Waals surface area contributed by atoms with Crippen molar-refractivity contribution in [3.05, 3.63) is 35.9 Å². The van der Waals surface area contributed by atoms with E-state index in [9.17, 15) is 4.79 Å². The fourth-order valence-electron chi connectivity index (χ4n) is 2.28. The van der Waals surface area contributed by atoms with Crippen molar-refractivity contribution in [3.63, 3.8) is 0 Å². The maximum Gasteiger partial charge on any atom is 0.220 e. The van der Waals surface area contributed by atoms with E-state index in [4.69, 9.17) is 5.73 Å². The number of carbonyl (C=O) groups is 1. The molecule has 0 aliphatic heterocycles. The molecular formula is C13H18N2O. The molecule has 1 aliphatic carbocycles. The number of rotatable bonds is 4. The van der Waals surface area contributed by atoms with Crippen molar-refractivity contribution < 1.29 is 4.79 Å². The van der Waals surface area contributed by atoms with Gasteiger partial charge in [0, 0.05) is 18.5 Å². The second-order valence-electron chi connectivity index (χ2n) is 4.48. The fraction of sp³-hybridized carbons (Fsp3) is 0.462. The van der Waals surface area contributed by atoms with Crippen LogP contribution in [0.15, 0.2) is 30.3 Å². The average Bonchev–Trinajstić information content (AvgIpc) is 2.76. The van der Waals surface area contributed by atoms with Crippen molar-refractivity contribution in [1.29, 1.82) is 0 Å². The highest BCUT2D eigenvalue weighted by Gasteiger charge is 2.27. The van der Waals surface area contributed by atoms with E-state index >= 15 is 0 Å². The summed E-state index contributed by atoms with van der Waals surface area (Å²) in [5.41, 5.74) is 6.58. The first-order chi connectivity index (χ1) is 7.75. The minimum Gasteiger partial charge on any atom is -0.369 e. The van der Waals surface area contributed by atoms with Crippen LogP contribution in [0.3, 0.4) is 0 Å². The Morgan fingerprint density at radius 2 is 2.06 bits per heavy atom. The van der Waals surface area contributed by atoms with E-state index in [2.05, 4.69) is 17.4 Å². The molecule has 1 fully saturated rings. The van der Waals surface area contributed by atoms with Crippen LogP contribution in [0.4, 0.5) is 0 Å². The van der Waals surface area contributed by atoms with Crippen LogP contribution in [0.2, 0.25) is 0 Å². The quantitative estimate of drug-likeness (QED) is 0.803. The third-order valence-electron chi connectivity index (χ3n) is 3.27. The molecule has 2 rings (SSSR count). The van der Waals surface area contributed by atoms with Gasteiger partial charge in [0.15, 0.2) is 0 Å². The van der Waals surface area contributed by atoms with Gasteiger partial charge in [-0.25, -0.2) is 0 Å². The Balaban J connectivity index is 1.78. The predicted molar refractivity (Wildman–Crippen MR) is 63.6 cm³/mol. The normalized spacial score (nSPS) is 24.5. The summed E-state index contributed by atoms with van der Waals surface area (Å²) in [5.74, 6) is -0.0720. The number of nitrogens with two attached hydrogens (primary N) is 1. The molecule has 1 aromatic rings. The van der Waals surface area contributed by atoms with Gasteiger partial charge in [-0.05, 0) is 24.8 Å². The maximum atomic E-state index is 11.0. The zero-order valence-corrected chi connectivity index (χ0v) is 9.36. The van der Waals surface area contributed by atoms with E-state index in [-0.39, 0.29) is 11.8 Å². The lowest BCUT2D eigenvalue weighted by Crippen LogP contribution is -2.28. The maximum absolute atomic E-state index is 11.0. The molecule has 0 spiro atoms. The lowest BCUT2D eigenvalue weighted by atomic mass is 10.1. The topological polar surface area (TPSA) is 55.1 Å². The molecule has 0 saturated heterocycles. The summed E-state index contributed by atoms with van der Waals surface area (Å²) in [4.78, 5) is 11.0. The highest BCUT2D eigenvalue weighted by atomic mass is 16.1. The molecule has 0 radical (unpaired) electrons. The summed E-state index contributed by atoms with van der Waals surface area (Å²) in [5, 5.41) is 3.47. The molecular weight excluding hydrogens is 200 g/mol. The van der Waals surface area contributed by atoms with Crippen LogP contribution in [0.25, 0.3) is 0 Å². The molecule has 1 aliphatic rings. The molecule has 3 nitrogen and oxygen atoms in total. The molecule has 16 heavy (non-hydrogen) atoms. The summed E-state index contributed by atoms with van der Waals surface area (Å²) in [7, 11) is 0. The number of amides is 1. The van der Waals surface area contributed by atoms with Crippen molar-refractivity contribution in [2.75, 3.05) is 0 Å². The summed E-state index contributed by atoms with van der Waals surface area (Å²) >= 11 is 0. The number of hydrogen-bond donors (Lipinski definition) is 2. The van der Waals surface area contributed by atoms with Crippen molar-refractivity contribution in [2.45, 2.75) is 31.8 Å². The average molecular weight is 218 g/mol. The highest BCUT2D eigenvalue weighted by Crippen LogP contribution is 2.25. The molecule has 1 unspecified atom stereocenters. The summed E-state index contributed by atoms with van der Waals surface area (Å²) < 4.78 is 0. The van der Waals surface area contributed by atoms with Gasteiger partial charge in [0.2, 0.25) is 5.91 Å². The molecule has 1 aromatic carbocycles. The minimum atomic E-state index is -0.149. The minimum absolute atomic E-state index is 0.0771. The lowest BCUT2D eigenvalue weighted by Gasteiger charge is -2.12. The largest absolute Gasteiger partial charge is 0.369 e. The van der Waals surface area contributed by atoms with Crippen LogP contribution in [0.5, 0.6) is 0 Å². The Hall–Kier alpha value is -1.35. The SMILES string of the molecule is NC(=O)C1CC[C@@H](NCc2ccccc2)C1.